The lowest BCUT2D eigenvalue weighted by molar-refractivity contribution is 0.482. The number of sulfonamides is 1. The van der Waals surface area contributed by atoms with Crippen molar-refractivity contribution in [2.45, 2.75) is 24.8 Å². The minimum atomic E-state index is -3.81. The highest BCUT2D eigenvalue weighted by Crippen LogP contribution is 2.20. The average Bonchev–Trinajstić information content (AvgIpc) is 2.24. The van der Waals surface area contributed by atoms with Crippen LogP contribution in [0.4, 0.5) is 4.39 Å². The van der Waals surface area contributed by atoms with E-state index in [9.17, 15) is 12.8 Å². The van der Waals surface area contributed by atoms with Crippen molar-refractivity contribution < 1.29 is 12.8 Å². The summed E-state index contributed by atoms with van der Waals surface area (Å²) in [7, 11) is -3.81. The zero-order valence-electron chi connectivity index (χ0n) is 9.95. The standard InChI is InChI=1S/C11H14BrFINO2S/c1-7(2)10(6-14)15-18(16,17)11-4-3-8(12)5-9(11)13/h3-5,7,10,15H,6H2,1-2H3. The molecule has 1 aromatic carbocycles. The van der Waals surface area contributed by atoms with Crippen molar-refractivity contribution in [2.24, 2.45) is 5.92 Å². The van der Waals surface area contributed by atoms with Gasteiger partial charge >= 0.3 is 0 Å². The van der Waals surface area contributed by atoms with Crippen molar-refractivity contribution in [1.29, 1.82) is 0 Å². The third-order valence-corrected chi connectivity index (χ3v) is 5.43. The van der Waals surface area contributed by atoms with E-state index >= 15 is 0 Å². The Bertz CT molecular complexity index is 522. The van der Waals surface area contributed by atoms with Crippen LogP contribution in [0.5, 0.6) is 0 Å². The van der Waals surface area contributed by atoms with Crippen LogP contribution in [0.3, 0.4) is 0 Å². The topological polar surface area (TPSA) is 46.2 Å². The molecule has 7 heteroatoms. The molecule has 0 aliphatic heterocycles. The van der Waals surface area contributed by atoms with Crippen LogP contribution in [-0.2, 0) is 10.0 Å². The van der Waals surface area contributed by atoms with Crippen molar-refractivity contribution >= 4 is 48.5 Å². The van der Waals surface area contributed by atoms with Gasteiger partial charge in [-0.3, -0.25) is 0 Å². The molecule has 0 spiro atoms. The van der Waals surface area contributed by atoms with Gasteiger partial charge in [-0.25, -0.2) is 17.5 Å². The summed E-state index contributed by atoms with van der Waals surface area (Å²) in [5.74, 6) is -0.608. The van der Waals surface area contributed by atoms with E-state index in [1.54, 1.807) is 0 Å². The Hall–Kier alpha value is 0.270. The maximum atomic E-state index is 13.7. The lowest BCUT2D eigenvalue weighted by Gasteiger charge is -2.20. The van der Waals surface area contributed by atoms with Gasteiger partial charge in [-0.2, -0.15) is 0 Å². The fourth-order valence-electron chi connectivity index (χ4n) is 1.30. The largest absolute Gasteiger partial charge is 0.243 e. The van der Waals surface area contributed by atoms with Gasteiger partial charge in [0.25, 0.3) is 0 Å². The van der Waals surface area contributed by atoms with E-state index in [2.05, 4.69) is 43.2 Å². The molecule has 0 fully saturated rings. The Morgan fingerprint density at radius 2 is 2.06 bits per heavy atom. The highest BCUT2D eigenvalue weighted by atomic mass is 127. The SMILES string of the molecule is CC(C)C(CI)NS(=O)(=O)c1ccc(Br)cc1F. The van der Waals surface area contributed by atoms with Crippen molar-refractivity contribution in [3.63, 3.8) is 0 Å². The fourth-order valence-corrected chi connectivity index (χ4v) is 4.61. The molecule has 0 bridgehead atoms. The quantitative estimate of drug-likeness (QED) is 0.553. The molecular weight excluding hydrogens is 436 g/mol. The van der Waals surface area contributed by atoms with E-state index < -0.39 is 15.8 Å². The van der Waals surface area contributed by atoms with Gasteiger partial charge < -0.3 is 0 Å². The predicted octanol–water partition coefficient (Wildman–Crippen LogP) is 3.33. The van der Waals surface area contributed by atoms with Crippen LogP contribution in [0, 0.1) is 11.7 Å². The van der Waals surface area contributed by atoms with Crippen LogP contribution in [0.25, 0.3) is 0 Å². The second-order valence-corrected chi connectivity index (χ2v) is 7.68. The van der Waals surface area contributed by atoms with Gasteiger partial charge in [0.15, 0.2) is 0 Å². The zero-order chi connectivity index (χ0) is 13.9. The second-order valence-electron chi connectivity index (χ2n) is 4.20. The minimum absolute atomic E-state index is 0.148. The lowest BCUT2D eigenvalue weighted by atomic mass is 10.1. The maximum Gasteiger partial charge on any atom is 0.243 e. The first-order chi connectivity index (χ1) is 8.27. The average molecular weight is 450 g/mol. The molecule has 0 radical (unpaired) electrons. The molecule has 1 unspecified atom stereocenters. The number of halogens is 3. The normalized spacial score (nSPS) is 13.9. The number of nitrogens with one attached hydrogen (secondary N) is 1. The van der Waals surface area contributed by atoms with Crippen molar-refractivity contribution in [3.8, 4) is 0 Å². The summed E-state index contributed by atoms with van der Waals surface area (Å²) in [4.78, 5) is -0.318. The van der Waals surface area contributed by atoms with E-state index in [1.807, 2.05) is 13.8 Å². The first-order valence-electron chi connectivity index (χ1n) is 5.31. The van der Waals surface area contributed by atoms with Crippen LogP contribution < -0.4 is 4.72 Å². The van der Waals surface area contributed by atoms with Crippen molar-refractivity contribution in [3.05, 3.63) is 28.5 Å². The van der Waals surface area contributed by atoms with E-state index in [0.717, 1.165) is 6.07 Å². The third kappa shape index (κ3) is 4.14. The van der Waals surface area contributed by atoms with Gasteiger partial charge in [0.05, 0.1) is 0 Å². The highest BCUT2D eigenvalue weighted by Gasteiger charge is 2.24. The summed E-state index contributed by atoms with van der Waals surface area (Å²) >= 11 is 5.20. The minimum Gasteiger partial charge on any atom is -0.207 e. The van der Waals surface area contributed by atoms with Crippen LogP contribution in [-0.4, -0.2) is 18.9 Å². The third-order valence-electron chi connectivity index (χ3n) is 2.46. The second kappa shape index (κ2) is 6.62. The molecule has 3 nitrogen and oxygen atoms in total. The molecular formula is C11H14BrFINO2S. The number of rotatable bonds is 5. The van der Waals surface area contributed by atoms with Gasteiger partial charge in [0.2, 0.25) is 10.0 Å². The number of hydrogen-bond acceptors (Lipinski definition) is 2. The smallest absolute Gasteiger partial charge is 0.207 e. The first-order valence-corrected chi connectivity index (χ1v) is 9.11. The molecule has 102 valence electrons. The molecule has 1 rings (SSSR count). The van der Waals surface area contributed by atoms with E-state index in [1.165, 1.54) is 12.1 Å². The summed E-state index contributed by atoms with van der Waals surface area (Å²) in [6.45, 7) is 3.84. The fraction of sp³-hybridized carbons (Fsp3) is 0.455. The number of benzene rings is 1. The Kier molecular flexibility index (Phi) is 6.01. The Morgan fingerprint density at radius 3 is 2.50 bits per heavy atom. The lowest BCUT2D eigenvalue weighted by Crippen LogP contribution is -2.39. The molecule has 18 heavy (non-hydrogen) atoms. The number of alkyl halides is 1. The summed E-state index contributed by atoms with van der Waals surface area (Å²) in [6.07, 6.45) is 0. The van der Waals surface area contributed by atoms with E-state index in [0.29, 0.717) is 8.90 Å². The Morgan fingerprint density at radius 1 is 1.44 bits per heavy atom. The maximum absolute atomic E-state index is 13.7. The molecule has 0 saturated heterocycles. The monoisotopic (exact) mass is 449 g/mol. The molecule has 0 aliphatic carbocycles. The predicted molar refractivity (Wildman–Crippen MR) is 81.9 cm³/mol. The van der Waals surface area contributed by atoms with Crippen LogP contribution in [0.2, 0.25) is 0 Å². The van der Waals surface area contributed by atoms with E-state index in [-0.39, 0.29) is 16.9 Å². The molecule has 0 aliphatic rings. The molecule has 0 heterocycles. The summed E-state index contributed by atoms with van der Waals surface area (Å²) < 4.78 is 41.5. The summed E-state index contributed by atoms with van der Waals surface area (Å²) in [5.41, 5.74) is 0. The van der Waals surface area contributed by atoms with Gasteiger partial charge in [0.1, 0.15) is 10.7 Å². The Balaban J connectivity index is 3.06. The summed E-state index contributed by atoms with van der Waals surface area (Å²) in [5, 5.41) is 0. The Labute approximate surface area is 129 Å². The molecule has 1 N–H and O–H groups in total. The van der Waals surface area contributed by atoms with Crippen molar-refractivity contribution in [2.75, 3.05) is 4.43 Å². The number of hydrogen-bond donors (Lipinski definition) is 1. The summed E-state index contributed by atoms with van der Waals surface area (Å²) in [6, 6.07) is 3.69. The van der Waals surface area contributed by atoms with Crippen LogP contribution in [0.15, 0.2) is 27.6 Å². The molecule has 0 saturated carbocycles. The zero-order valence-corrected chi connectivity index (χ0v) is 14.5. The molecule has 1 atom stereocenters. The first kappa shape index (κ1) is 16.3. The van der Waals surface area contributed by atoms with Gasteiger partial charge in [-0.15, -0.1) is 0 Å². The molecule has 1 aromatic rings. The molecule has 0 aromatic heterocycles. The highest BCUT2D eigenvalue weighted by molar-refractivity contribution is 14.1. The van der Waals surface area contributed by atoms with Crippen LogP contribution >= 0.6 is 38.5 Å². The van der Waals surface area contributed by atoms with Gasteiger partial charge in [-0.05, 0) is 24.1 Å². The van der Waals surface area contributed by atoms with E-state index in [4.69, 9.17) is 0 Å². The molecule has 0 amide bonds. The van der Waals surface area contributed by atoms with Gasteiger partial charge in [-0.1, -0.05) is 52.4 Å². The van der Waals surface area contributed by atoms with Gasteiger partial charge in [0, 0.05) is 14.9 Å². The van der Waals surface area contributed by atoms with Crippen molar-refractivity contribution in [1.82, 2.24) is 4.72 Å². The van der Waals surface area contributed by atoms with Crippen LogP contribution in [0.1, 0.15) is 13.8 Å².